The third-order valence-corrected chi connectivity index (χ3v) is 5.78. The fraction of sp³-hybridized carbons (Fsp3) is 0.182. The predicted molar refractivity (Wildman–Crippen MR) is 121 cm³/mol. The van der Waals surface area contributed by atoms with Gasteiger partial charge in [0.2, 0.25) is 0 Å². The van der Waals surface area contributed by atoms with E-state index in [1.165, 1.54) is 11.8 Å². The number of thioether (sulfide) groups is 1. The first-order chi connectivity index (χ1) is 13.5. The molecule has 0 unspecified atom stereocenters. The second-order valence-electron chi connectivity index (χ2n) is 6.34. The van der Waals surface area contributed by atoms with Gasteiger partial charge in [-0.05, 0) is 55.8 Å². The van der Waals surface area contributed by atoms with Gasteiger partial charge in [-0.3, -0.25) is 9.69 Å². The summed E-state index contributed by atoms with van der Waals surface area (Å²) in [5, 5.41) is 0. The Kier molecular flexibility index (Phi) is 6.21. The number of nitrogens with zero attached hydrogens (tertiary/aromatic N) is 2. The van der Waals surface area contributed by atoms with E-state index < -0.39 is 0 Å². The van der Waals surface area contributed by atoms with Crippen molar-refractivity contribution in [3.63, 3.8) is 0 Å². The smallest absolute Gasteiger partial charge is 0.266 e. The lowest BCUT2D eigenvalue weighted by Gasteiger charge is -2.11. The Hall–Kier alpha value is -2.57. The Morgan fingerprint density at radius 3 is 2.54 bits per heavy atom. The summed E-state index contributed by atoms with van der Waals surface area (Å²) in [6, 6.07) is 10.0. The lowest BCUT2D eigenvalue weighted by atomic mass is 10.2. The van der Waals surface area contributed by atoms with Gasteiger partial charge in [-0.1, -0.05) is 42.7 Å². The first-order valence-electron chi connectivity index (χ1n) is 8.85. The molecule has 1 aliphatic rings. The maximum atomic E-state index is 12.6. The van der Waals surface area contributed by atoms with Gasteiger partial charge in [0.15, 0.2) is 0 Å². The lowest BCUT2D eigenvalue weighted by molar-refractivity contribution is -0.121. The van der Waals surface area contributed by atoms with E-state index in [4.69, 9.17) is 17.0 Å². The number of rotatable bonds is 7. The van der Waals surface area contributed by atoms with Crippen LogP contribution in [0.2, 0.25) is 0 Å². The Bertz CT molecular complexity index is 971. The van der Waals surface area contributed by atoms with Crippen LogP contribution < -0.4 is 4.74 Å². The van der Waals surface area contributed by atoms with Crippen LogP contribution in [0.25, 0.3) is 11.8 Å². The van der Waals surface area contributed by atoms with E-state index in [-0.39, 0.29) is 5.91 Å². The van der Waals surface area contributed by atoms with E-state index in [0.29, 0.717) is 22.4 Å². The number of amides is 1. The minimum atomic E-state index is -0.0663. The number of hydrogen-bond acceptors (Lipinski definition) is 4. The zero-order valence-electron chi connectivity index (χ0n) is 16.0. The third kappa shape index (κ3) is 3.98. The molecule has 6 heteroatoms. The molecule has 0 radical (unpaired) electrons. The second kappa shape index (κ2) is 8.63. The summed E-state index contributed by atoms with van der Waals surface area (Å²) >= 11 is 6.65. The average molecular weight is 411 g/mol. The maximum Gasteiger partial charge on any atom is 0.266 e. The third-order valence-electron chi connectivity index (χ3n) is 4.40. The quantitative estimate of drug-likeness (QED) is 0.364. The van der Waals surface area contributed by atoms with Gasteiger partial charge >= 0.3 is 0 Å². The lowest BCUT2D eigenvalue weighted by Crippen LogP contribution is -2.27. The number of thiocarbonyl (C=S) groups is 1. The van der Waals surface area contributed by atoms with E-state index in [1.807, 2.05) is 37.3 Å². The fourth-order valence-corrected chi connectivity index (χ4v) is 4.37. The van der Waals surface area contributed by atoms with Crippen molar-refractivity contribution in [3.8, 4) is 11.4 Å². The number of carbonyl (C=O) groups is 1. The number of carbonyl (C=O) groups excluding carboxylic acids is 1. The number of aryl methyl sites for hydroxylation is 1. The normalized spacial score (nSPS) is 15.4. The Morgan fingerprint density at radius 2 is 1.89 bits per heavy atom. The number of ether oxygens (including phenoxy) is 1. The fourth-order valence-electron chi connectivity index (χ4n) is 3.11. The van der Waals surface area contributed by atoms with Gasteiger partial charge in [-0.15, -0.1) is 6.58 Å². The summed E-state index contributed by atoms with van der Waals surface area (Å²) < 4.78 is 8.28. The van der Waals surface area contributed by atoms with E-state index in [9.17, 15) is 4.79 Å². The van der Waals surface area contributed by atoms with E-state index in [0.717, 1.165) is 28.4 Å². The number of benzene rings is 1. The summed E-state index contributed by atoms with van der Waals surface area (Å²) in [5.74, 6) is 0.737. The largest absolute Gasteiger partial charge is 0.490 e. The summed E-state index contributed by atoms with van der Waals surface area (Å²) in [7, 11) is 0. The molecule has 4 nitrogen and oxygen atoms in total. The molecule has 1 aromatic carbocycles. The van der Waals surface area contributed by atoms with Gasteiger partial charge in [-0.25, -0.2) is 0 Å². The summed E-state index contributed by atoms with van der Waals surface area (Å²) in [6.07, 6.45) is 5.32. The van der Waals surface area contributed by atoms with Crippen LogP contribution in [0.3, 0.4) is 0 Å². The summed E-state index contributed by atoms with van der Waals surface area (Å²) in [5.41, 5.74) is 4.19. The molecule has 144 valence electrons. The average Bonchev–Trinajstić information content (AvgIpc) is 3.11. The van der Waals surface area contributed by atoms with Crippen LogP contribution in [0.1, 0.15) is 17.0 Å². The highest BCUT2D eigenvalue weighted by atomic mass is 32.2. The van der Waals surface area contributed by atoms with Crippen LogP contribution in [0, 0.1) is 13.8 Å². The molecule has 1 saturated heterocycles. The van der Waals surface area contributed by atoms with Crippen LogP contribution in [0.5, 0.6) is 5.75 Å². The van der Waals surface area contributed by atoms with Crippen LogP contribution in [0.15, 0.2) is 60.5 Å². The zero-order chi connectivity index (χ0) is 20.3. The minimum absolute atomic E-state index is 0.0663. The van der Waals surface area contributed by atoms with Gasteiger partial charge in [0, 0.05) is 23.6 Å². The Labute approximate surface area is 175 Å². The van der Waals surface area contributed by atoms with Crippen molar-refractivity contribution >= 4 is 40.3 Å². The van der Waals surface area contributed by atoms with Crippen molar-refractivity contribution in [2.24, 2.45) is 0 Å². The van der Waals surface area contributed by atoms with Crippen molar-refractivity contribution in [2.45, 2.75) is 13.8 Å². The molecule has 1 fully saturated rings. The molecule has 1 amide bonds. The van der Waals surface area contributed by atoms with Crippen molar-refractivity contribution in [2.75, 3.05) is 13.2 Å². The molecule has 1 aromatic heterocycles. The highest BCUT2D eigenvalue weighted by molar-refractivity contribution is 8.26. The summed E-state index contributed by atoms with van der Waals surface area (Å²) in [4.78, 5) is 14.8. The minimum Gasteiger partial charge on any atom is -0.490 e. The first-order valence-corrected chi connectivity index (χ1v) is 10.1. The summed E-state index contributed by atoms with van der Waals surface area (Å²) in [6.45, 7) is 12.4. The van der Waals surface area contributed by atoms with Crippen LogP contribution in [-0.2, 0) is 4.79 Å². The standard InChI is InChI=1S/C22H22N2O2S2/c1-5-11-23-21(25)20(28-22(23)27)14-17-13-15(3)24(16(17)4)18-7-9-19(10-8-18)26-12-6-2/h5-10,13-14H,1-2,11-12H2,3-4H3/b20-14-. The number of aromatic nitrogens is 1. The molecule has 2 heterocycles. The molecule has 0 N–H and O–H groups in total. The molecular formula is C22H22N2O2S2. The molecule has 2 aromatic rings. The van der Waals surface area contributed by atoms with Crippen molar-refractivity contribution < 1.29 is 9.53 Å². The van der Waals surface area contributed by atoms with Crippen LogP contribution in [0.4, 0.5) is 0 Å². The Balaban J connectivity index is 1.90. The van der Waals surface area contributed by atoms with Crippen LogP contribution in [-0.4, -0.2) is 32.8 Å². The SMILES string of the molecule is C=CCOc1ccc(-n2c(C)cc(/C=C3\SC(=S)N(CC=C)C3=O)c2C)cc1. The monoisotopic (exact) mass is 410 g/mol. The molecule has 0 bridgehead atoms. The van der Waals surface area contributed by atoms with Gasteiger partial charge in [-0.2, -0.15) is 0 Å². The Morgan fingerprint density at radius 1 is 1.18 bits per heavy atom. The molecule has 28 heavy (non-hydrogen) atoms. The molecular weight excluding hydrogens is 388 g/mol. The predicted octanol–water partition coefficient (Wildman–Crippen LogP) is 5.05. The molecule has 0 saturated carbocycles. The van der Waals surface area contributed by atoms with Gasteiger partial charge in [0.1, 0.15) is 16.7 Å². The van der Waals surface area contributed by atoms with Crippen LogP contribution >= 0.6 is 24.0 Å². The molecule has 0 spiro atoms. The molecule has 0 atom stereocenters. The highest BCUT2D eigenvalue weighted by Crippen LogP contribution is 2.34. The van der Waals surface area contributed by atoms with E-state index >= 15 is 0 Å². The first kappa shape index (κ1) is 20.2. The van der Waals surface area contributed by atoms with Crippen molar-refractivity contribution in [1.29, 1.82) is 0 Å². The maximum absolute atomic E-state index is 12.6. The van der Waals surface area contributed by atoms with E-state index in [2.05, 4.69) is 30.7 Å². The number of hydrogen-bond donors (Lipinski definition) is 0. The second-order valence-corrected chi connectivity index (χ2v) is 8.01. The van der Waals surface area contributed by atoms with Gasteiger partial charge < -0.3 is 9.30 Å². The van der Waals surface area contributed by atoms with Gasteiger partial charge in [0.25, 0.3) is 5.91 Å². The van der Waals surface area contributed by atoms with Crippen molar-refractivity contribution in [3.05, 3.63) is 77.5 Å². The molecule has 3 rings (SSSR count). The zero-order valence-corrected chi connectivity index (χ0v) is 17.6. The highest BCUT2D eigenvalue weighted by Gasteiger charge is 2.31. The molecule has 0 aliphatic carbocycles. The molecule has 1 aliphatic heterocycles. The topological polar surface area (TPSA) is 34.5 Å². The van der Waals surface area contributed by atoms with E-state index in [1.54, 1.807) is 17.1 Å². The van der Waals surface area contributed by atoms with Gasteiger partial charge in [0.05, 0.1) is 4.91 Å². The van der Waals surface area contributed by atoms with Crippen molar-refractivity contribution in [1.82, 2.24) is 9.47 Å².